The molecule has 0 bridgehead atoms. The van der Waals surface area contributed by atoms with Crippen LogP contribution in [0.2, 0.25) is 0 Å². The number of benzene rings is 2. The van der Waals surface area contributed by atoms with Crippen LogP contribution in [0.1, 0.15) is 42.6 Å². The van der Waals surface area contributed by atoms with E-state index < -0.39 is 15.1 Å². The van der Waals surface area contributed by atoms with E-state index in [-0.39, 0.29) is 16.8 Å². The summed E-state index contributed by atoms with van der Waals surface area (Å²) in [5, 5.41) is 2.60. The molecule has 2 aromatic rings. The van der Waals surface area contributed by atoms with Crippen molar-refractivity contribution in [1.82, 2.24) is 10.2 Å². The molecule has 1 amide bonds. The molecule has 3 rings (SSSR count). The van der Waals surface area contributed by atoms with Gasteiger partial charge in [-0.2, -0.15) is 0 Å². The number of nitrogens with one attached hydrogen (secondary N) is 1. The summed E-state index contributed by atoms with van der Waals surface area (Å²) in [7, 11) is -1.66. The van der Waals surface area contributed by atoms with E-state index in [0.717, 1.165) is 38.2 Å². The lowest BCUT2D eigenvalue weighted by Gasteiger charge is -2.32. The predicted molar refractivity (Wildman–Crippen MR) is 118 cm³/mol. The monoisotopic (exact) mass is 430 g/mol. The summed E-state index contributed by atoms with van der Waals surface area (Å²) in [5.74, 6) is 0.705. The van der Waals surface area contributed by atoms with Crippen LogP contribution >= 0.6 is 0 Å². The van der Waals surface area contributed by atoms with Gasteiger partial charge in [-0.3, -0.25) is 9.69 Å². The van der Waals surface area contributed by atoms with Crippen molar-refractivity contribution >= 4 is 15.7 Å². The lowest BCUT2D eigenvalue weighted by molar-refractivity contribution is 0.0909. The van der Waals surface area contributed by atoms with Gasteiger partial charge in [0.25, 0.3) is 5.91 Å². The molecule has 0 atom stereocenters. The lowest BCUT2D eigenvalue weighted by Crippen LogP contribution is -2.44. The van der Waals surface area contributed by atoms with Crippen LogP contribution in [0.5, 0.6) is 5.75 Å². The molecular weight excluding hydrogens is 400 g/mol. The number of sulfone groups is 1. The minimum absolute atomic E-state index is 0.123. The molecule has 7 heteroatoms. The Morgan fingerprint density at radius 2 is 1.80 bits per heavy atom. The standard InChI is InChI=1S/C23H30N2O4S/c1-17(2)30(27,28)22-9-7-19(8-10-22)23(26)24-20-11-13-25(14-12-20)16-18-5-4-6-21(15-18)29-3/h4-10,15,17,20H,11-14,16H2,1-3H3,(H,24,26). The van der Waals surface area contributed by atoms with Gasteiger partial charge in [0, 0.05) is 31.2 Å². The molecule has 1 aliphatic rings. The smallest absolute Gasteiger partial charge is 0.251 e. The summed E-state index contributed by atoms with van der Waals surface area (Å²) < 4.78 is 29.7. The molecule has 1 aliphatic heterocycles. The Labute approximate surface area is 179 Å². The van der Waals surface area contributed by atoms with Gasteiger partial charge in [-0.25, -0.2) is 8.42 Å². The first kappa shape index (κ1) is 22.3. The van der Waals surface area contributed by atoms with Crippen LogP contribution in [0.3, 0.4) is 0 Å². The normalized spacial score (nSPS) is 15.9. The third-order valence-corrected chi connectivity index (χ3v) is 7.70. The number of rotatable bonds is 7. The number of nitrogens with zero attached hydrogens (tertiary/aromatic N) is 1. The average molecular weight is 431 g/mol. The number of methoxy groups -OCH3 is 1. The fourth-order valence-electron chi connectivity index (χ4n) is 3.60. The summed E-state index contributed by atoms with van der Waals surface area (Å²) >= 11 is 0. The zero-order valence-corrected chi connectivity index (χ0v) is 18.6. The largest absolute Gasteiger partial charge is 0.497 e. The second kappa shape index (κ2) is 9.62. The summed E-state index contributed by atoms with van der Waals surface area (Å²) in [6.07, 6.45) is 1.77. The van der Waals surface area contributed by atoms with Crippen molar-refractivity contribution in [2.24, 2.45) is 0 Å². The Bertz CT molecular complexity index is 963. The maximum atomic E-state index is 12.6. The minimum atomic E-state index is -3.33. The molecule has 30 heavy (non-hydrogen) atoms. The number of piperidine rings is 1. The number of carbonyl (C=O) groups excluding carboxylic acids is 1. The molecule has 2 aromatic carbocycles. The highest BCUT2D eigenvalue weighted by atomic mass is 32.2. The van der Waals surface area contributed by atoms with Crippen LogP contribution in [0.4, 0.5) is 0 Å². The number of carbonyl (C=O) groups is 1. The molecule has 1 fully saturated rings. The topological polar surface area (TPSA) is 75.7 Å². The quantitative estimate of drug-likeness (QED) is 0.730. The number of amides is 1. The summed E-state index contributed by atoms with van der Waals surface area (Å²) in [4.78, 5) is 15.2. The van der Waals surface area contributed by atoms with Crippen LogP contribution in [-0.2, 0) is 16.4 Å². The number of hydrogen-bond acceptors (Lipinski definition) is 5. The molecular formula is C23H30N2O4S. The molecule has 0 aliphatic carbocycles. The van der Waals surface area contributed by atoms with Gasteiger partial charge in [0.05, 0.1) is 17.3 Å². The molecule has 1 heterocycles. The third kappa shape index (κ3) is 5.40. The van der Waals surface area contributed by atoms with E-state index in [1.165, 1.54) is 17.7 Å². The maximum Gasteiger partial charge on any atom is 0.251 e. The van der Waals surface area contributed by atoms with Crippen molar-refractivity contribution < 1.29 is 17.9 Å². The minimum Gasteiger partial charge on any atom is -0.497 e. The van der Waals surface area contributed by atoms with E-state index in [1.54, 1.807) is 33.1 Å². The van der Waals surface area contributed by atoms with Crippen molar-refractivity contribution in [3.05, 3.63) is 59.7 Å². The molecule has 0 saturated carbocycles. The van der Waals surface area contributed by atoms with E-state index in [1.807, 2.05) is 12.1 Å². The van der Waals surface area contributed by atoms with E-state index in [0.29, 0.717) is 5.56 Å². The van der Waals surface area contributed by atoms with Gasteiger partial charge in [-0.1, -0.05) is 12.1 Å². The Kier molecular flexibility index (Phi) is 7.15. The highest BCUT2D eigenvalue weighted by Crippen LogP contribution is 2.19. The van der Waals surface area contributed by atoms with E-state index in [4.69, 9.17) is 4.74 Å². The van der Waals surface area contributed by atoms with E-state index in [9.17, 15) is 13.2 Å². The number of ether oxygens (including phenoxy) is 1. The van der Waals surface area contributed by atoms with Crippen LogP contribution in [0.15, 0.2) is 53.4 Å². The SMILES string of the molecule is COc1cccc(CN2CCC(NC(=O)c3ccc(S(=O)(=O)C(C)C)cc3)CC2)c1. The number of hydrogen-bond donors (Lipinski definition) is 1. The molecule has 0 unspecified atom stereocenters. The highest BCUT2D eigenvalue weighted by molar-refractivity contribution is 7.92. The molecule has 0 aromatic heterocycles. The average Bonchev–Trinajstić information content (AvgIpc) is 2.75. The summed E-state index contributed by atoms with van der Waals surface area (Å²) in [5.41, 5.74) is 1.70. The van der Waals surface area contributed by atoms with Crippen molar-refractivity contribution in [1.29, 1.82) is 0 Å². The van der Waals surface area contributed by atoms with Crippen LogP contribution in [0, 0.1) is 0 Å². The van der Waals surface area contributed by atoms with Crippen molar-refractivity contribution in [3.8, 4) is 5.75 Å². The van der Waals surface area contributed by atoms with Gasteiger partial charge in [-0.05, 0) is 68.7 Å². The molecule has 162 valence electrons. The van der Waals surface area contributed by atoms with Crippen molar-refractivity contribution in [2.75, 3.05) is 20.2 Å². The van der Waals surface area contributed by atoms with Gasteiger partial charge in [0.1, 0.15) is 5.75 Å². The summed E-state index contributed by atoms with van der Waals surface area (Å²) in [6, 6.07) is 14.4. The molecule has 0 spiro atoms. The van der Waals surface area contributed by atoms with Gasteiger partial charge in [0.2, 0.25) is 0 Å². The second-order valence-electron chi connectivity index (χ2n) is 7.99. The summed E-state index contributed by atoms with van der Waals surface area (Å²) in [6.45, 7) is 5.98. The van der Waals surface area contributed by atoms with Gasteiger partial charge in [-0.15, -0.1) is 0 Å². The molecule has 1 saturated heterocycles. The Morgan fingerprint density at radius 1 is 1.13 bits per heavy atom. The molecule has 1 N–H and O–H groups in total. The zero-order chi connectivity index (χ0) is 21.7. The van der Waals surface area contributed by atoms with Crippen LogP contribution < -0.4 is 10.1 Å². The van der Waals surface area contributed by atoms with Crippen molar-refractivity contribution in [3.63, 3.8) is 0 Å². The van der Waals surface area contributed by atoms with Gasteiger partial charge >= 0.3 is 0 Å². The van der Waals surface area contributed by atoms with E-state index >= 15 is 0 Å². The second-order valence-corrected chi connectivity index (χ2v) is 10.5. The van der Waals surface area contributed by atoms with Gasteiger partial charge < -0.3 is 10.1 Å². The number of likely N-dealkylation sites (tertiary alicyclic amines) is 1. The first-order valence-electron chi connectivity index (χ1n) is 10.3. The zero-order valence-electron chi connectivity index (χ0n) is 17.8. The van der Waals surface area contributed by atoms with E-state index in [2.05, 4.69) is 22.3 Å². The Balaban J connectivity index is 1.51. The fourth-order valence-corrected chi connectivity index (χ4v) is 4.66. The third-order valence-electron chi connectivity index (χ3n) is 5.53. The van der Waals surface area contributed by atoms with Crippen LogP contribution in [-0.4, -0.2) is 50.7 Å². The Morgan fingerprint density at radius 3 is 2.40 bits per heavy atom. The molecule has 0 radical (unpaired) electrons. The van der Waals surface area contributed by atoms with Gasteiger partial charge in [0.15, 0.2) is 9.84 Å². The first-order chi connectivity index (χ1) is 14.3. The predicted octanol–water partition coefficient (Wildman–Crippen LogP) is 3.27. The Hall–Kier alpha value is -2.38. The molecule has 6 nitrogen and oxygen atoms in total. The first-order valence-corrected chi connectivity index (χ1v) is 11.8. The fraction of sp³-hybridized carbons (Fsp3) is 0.435. The van der Waals surface area contributed by atoms with Crippen LogP contribution in [0.25, 0.3) is 0 Å². The highest BCUT2D eigenvalue weighted by Gasteiger charge is 2.22. The maximum absolute atomic E-state index is 12.6. The van der Waals surface area contributed by atoms with Crippen molar-refractivity contribution in [2.45, 2.75) is 49.4 Å². The lowest BCUT2D eigenvalue weighted by atomic mass is 10.0.